The number of aromatic nitrogens is 1. The van der Waals surface area contributed by atoms with E-state index in [9.17, 15) is 13.9 Å². The smallest absolute Gasteiger partial charge is 0.136 e. The summed E-state index contributed by atoms with van der Waals surface area (Å²) < 4.78 is 73.4. The minimum absolute atomic E-state index is 0.0695. The van der Waals surface area contributed by atoms with Crippen LogP contribution >= 0.6 is 0 Å². The predicted octanol–water partition coefficient (Wildman–Crippen LogP) is 5.41. The molecule has 0 aliphatic carbocycles. The summed E-state index contributed by atoms with van der Waals surface area (Å²) in [7, 11) is 0. The molecule has 3 aromatic rings. The van der Waals surface area contributed by atoms with Crippen LogP contribution in [0.2, 0.25) is 0 Å². The topological polar surface area (TPSA) is 42.5 Å². The van der Waals surface area contributed by atoms with Crippen molar-refractivity contribution >= 4 is 10.9 Å². The van der Waals surface area contributed by atoms with Crippen LogP contribution < -0.4 is 0 Å². The lowest BCUT2D eigenvalue weighted by Gasteiger charge is -2.42. The van der Waals surface area contributed by atoms with Gasteiger partial charge in [-0.1, -0.05) is 18.2 Å². The van der Waals surface area contributed by atoms with Crippen molar-refractivity contribution in [3.8, 4) is 0 Å². The van der Waals surface area contributed by atoms with Gasteiger partial charge in [-0.15, -0.1) is 0 Å². The molecular formula is C28H32F5N3O. The van der Waals surface area contributed by atoms with Gasteiger partial charge in [0.05, 0.1) is 19.3 Å². The summed E-state index contributed by atoms with van der Waals surface area (Å²) in [4.78, 5) is 6.88. The number of aliphatic hydroxyl groups is 1. The normalized spacial score (nSPS) is 22.7. The van der Waals surface area contributed by atoms with Crippen molar-refractivity contribution in [3.05, 3.63) is 70.4 Å². The van der Waals surface area contributed by atoms with Crippen LogP contribution in [0.25, 0.3) is 10.9 Å². The number of rotatable bonds is 9. The molecule has 2 N–H and O–H groups in total. The number of hydrogen-bond donors (Lipinski definition) is 2. The summed E-state index contributed by atoms with van der Waals surface area (Å²) in [5.74, 6) is -2.19. The fourth-order valence-corrected chi connectivity index (χ4v) is 5.95. The third-order valence-electron chi connectivity index (χ3n) is 7.82. The summed E-state index contributed by atoms with van der Waals surface area (Å²) in [5.41, 5.74) is 1.97. The maximum Gasteiger partial charge on any atom is 0.136 e. The summed E-state index contributed by atoms with van der Waals surface area (Å²) in [6.45, 7) is 1.89. The number of aliphatic hydroxyl groups excluding tert-OH is 1. The molecule has 4 atom stereocenters. The molecule has 0 bridgehead atoms. The van der Waals surface area contributed by atoms with Crippen LogP contribution in [0.15, 0.2) is 36.4 Å². The molecule has 9 heteroatoms. The van der Waals surface area contributed by atoms with Gasteiger partial charge >= 0.3 is 0 Å². The zero-order valence-electron chi connectivity index (χ0n) is 20.7. The van der Waals surface area contributed by atoms with Crippen LogP contribution in [0.4, 0.5) is 22.0 Å². The van der Waals surface area contributed by atoms with Crippen molar-refractivity contribution in [1.82, 2.24) is 14.8 Å². The molecule has 0 spiro atoms. The molecule has 0 saturated carbocycles. The Hall–Kier alpha value is -2.49. The van der Waals surface area contributed by atoms with Crippen molar-refractivity contribution < 1.29 is 27.1 Å². The first-order chi connectivity index (χ1) is 17.8. The molecule has 2 aliphatic heterocycles. The van der Waals surface area contributed by atoms with Gasteiger partial charge in [-0.2, -0.15) is 0 Å². The van der Waals surface area contributed by atoms with Crippen molar-refractivity contribution in [3.63, 3.8) is 0 Å². The molecular weight excluding hydrogens is 489 g/mol. The van der Waals surface area contributed by atoms with Gasteiger partial charge in [-0.3, -0.25) is 9.29 Å². The molecule has 5 rings (SSSR count). The average molecular weight is 522 g/mol. The lowest BCUT2D eigenvalue weighted by molar-refractivity contribution is 0.0360. The molecule has 1 fully saturated rings. The average Bonchev–Trinajstić information content (AvgIpc) is 3.22. The molecule has 0 radical (unpaired) electrons. The van der Waals surface area contributed by atoms with Crippen molar-refractivity contribution in [2.24, 2.45) is 5.92 Å². The van der Waals surface area contributed by atoms with Gasteiger partial charge in [0.25, 0.3) is 0 Å². The molecule has 4 nitrogen and oxygen atoms in total. The number of nitrogens with zero attached hydrogens (tertiary/aromatic N) is 2. The van der Waals surface area contributed by atoms with E-state index < -0.39 is 49.2 Å². The highest BCUT2D eigenvalue weighted by Crippen LogP contribution is 2.43. The second-order valence-electron chi connectivity index (χ2n) is 10.4. The minimum Gasteiger partial charge on any atom is -0.393 e. The minimum atomic E-state index is -1.59. The van der Waals surface area contributed by atoms with Gasteiger partial charge < -0.3 is 15.0 Å². The van der Waals surface area contributed by atoms with Gasteiger partial charge in [-0.05, 0) is 49.1 Å². The van der Waals surface area contributed by atoms with E-state index in [1.807, 2.05) is 36.1 Å². The summed E-state index contributed by atoms with van der Waals surface area (Å²) in [5, 5.41) is 10.3. The molecule has 2 aliphatic rings. The van der Waals surface area contributed by atoms with Crippen LogP contribution in [0.1, 0.15) is 47.9 Å². The van der Waals surface area contributed by atoms with E-state index in [2.05, 4.69) is 4.98 Å². The van der Waals surface area contributed by atoms with E-state index >= 15 is 13.2 Å². The Balaban J connectivity index is 1.51. The number of aromatic amines is 1. The predicted molar refractivity (Wildman–Crippen MR) is 133 cm³/mol. The molecule has 3 heterocycles. The second kappa shape index (κ2) is 10.7. The highest BCUT2D eigenvalue weighted by molar-refractivity contribution is 5.85. The number of nitrogens with one attached hydrogen (secondary N) is 1. The number of hydrogen-bond acceptors (Lipinski definition) is 3. The quantitative estimate of drug-likeness (QED) is 0.370. The Labute approximate surface area is 213 Å². The van der Waals surface area contributed by atoms with Crippen molar-refractivity contribution in [1.29, 1.82) is 0 Å². The lowest BCUT2D eigenvalue weighted by atomic mass is 9.85. The first-order valence-corrected chi connectivity index (χ1v) is 12.8. The van der Waals surface area contributed by atoms with E-state index in [0.717, 1.165) is 28.6 Å². The number of para-hydroxylation sites is 1. The van der Waals surface area contributed by atoms with Crippen LogP contribution in [0.5, 0.6) is 0 Å². The fraction of sp³-hybridized carbons (Fsp3) is 0.500. The van der Waals surface area contributed by atoms with Crippen LogP contribution in [0.3, 0.4) is 0 Å². The molecule has 1 saturated heterocycles. The lowest BCUT2D eigenvalue weighted by Crippen LogP contribution is -2.48. The van der Waals surface area contributed by atoms with E-state index in [1.165, 1.54) is 0 Å². The molecule has 1 aromatic heterocycles. The summed E-state index contributed by atoms with van der Waals surface area (Å²) in [6.07, 6.45) is -2.21. The molecule has 200 valence electrons. The first-order valence-electron chi connectivity index (χ1n) is 12.8. The standard InChI is InChI=1S/C28H32F5N3O/c1-16-9-21-20-5-2-3-6-24(20)34-27(21)28(36(16)14-19(30)15-37)25-22(31)10-17(11-23(25)32)26(33)18-12-35(13-18)8-4-7-29/h2-3,5-6,10-11,16,18-19,26,28,34,37H,4,7-9,12-15H2,1H3/t16-,19+,26?,28-/m1/s1. The van der Waals surface area contributed by atoms with Crippen molar-refractivity contribution in [2.75, 3.05) is 39.5 Å². The maximum atomic E-state index is 15.7. The van der Waals surface area contributed by atoms with Crippen LogP contribution in [-0.4, -0.2) is 71.6 Å². The summed E-state index contributed by atoms with van der Waals surface area (Å²) in [6, 6.07) is 8.43. The van der Waals surface area contributed by atoms with Gasteiger partial charge in [0, 0.05) is 60.3 Å². The Kier molecular flexibility index (Phi) is 7.56. The fourth-order valence-electron chi connectivity index (χ4n) is 5.95. The Morgan fingerprint density at radius 1 is 1.11 bits per heavy atom. The highest BCUT2D eigenvalue weighted by atomic mass is 19.1. The Morgan fingerprint density at radius 2 is 1.81 bits per heavy atom. The molecule has 37 heavy (non-hydrogen) atoms. The number of benzene rings is 2. The Morgan fingerprint density at radius 3 is 2.49 bits per heavy atom. The van der Waals surface area contributed by atoms with Crippen LogP contribution in [0, 0.1) is 17.6 Å². The largest absolute Gasteiger partial charge is 0.393 e. The summed E-state index contributed by atoms with van der Waals surface area (Å²) >= 11 is 0. The third kappa shape index (κ3) is 4.89. The van der Waals surface area contributed by atoms with E-state index in [4.69, 9.17) is 0 Å². The maximum absolute atomic E-state index is 15.7. The Bertz CT molecular complexity index is 1220. The highest BCUT2D eigenvalue weighted by Gasteiger charge is 2.41. The zero-order chi connectivity index (χ0) is 26.3. The molecule has 0 amide bonds. The second-order valence-corrected chi connectivity index (χ2v) is 10.4. The van der Waals surface area contributed by atoms with E-state index in [0.29, 0.717) is 38.2 Å². The monoisotopic (exact) mass is 521 g/mol. The van der Waals surface area contributed by atoms with E-state index in [-0.39, 0.29) is 23.7 Å². The van der Waals surface area contributed by atoms with Gasteiger partial charge in [0.15, 0.2) is 0 Å². The number of fused-ring (bicyclic) bond motifs is 3. The number of alkyl halides is 3. The van der Waals surface area contributed by atoms with Crippen molar-refractivity contribution in [2.45, 2.75) is 44.2 Å². The molecule has 1 unspecified atom stereocenters. The molecule has 2 aromatic carbocycles. The van der Waals surface area contributed by atoms with Gasteiger partial charge in [0.2, 0.25) is 0 Å². The van der Waals surface area contributed by atoms with E-state index in [1.54, 1.807) is 4.90 Å². The zero-order valence-corrected chi connectivity index (χ0v) is 20.7. The number of halogens is 5. The first kappa shape index (κ1) is 26.1. The van der Waals surface area contributed by atoms with Gasteiger partial charge in [-0.25, -0.2) is 17.6 Å². The third-order valence-corrected chi connectivity index (χ3v) is 7.82. The SMILES string of the molecule is C[C@@H]1Cc2c([nH]c3ccccc23)[C@@H](c2c(F)cc(C(F)C3CN(CCCF)C3)cc2F)N1C[C@H](F)CO. The number of likely N-dealkylation sites (tertiary alicyclic amines) is 1. The van der Waals surface area contributed by atoms with Crippen LogP contribution in [-0.2, 0) is 6.42 Å². The van der Waals surface area contributed by atoms with Gasteiger partial charge in [0.1, 0.15) is 24.0 Å². The number of H-pyrrole nitrogens is 1.